The number of methoxy groups -OCH3 is 1. The van der Waals surface area contributed by atoms with E-state index in [1.165, 1.54) is 13.2 Å². The number of nitrogens with zero attached hydrogens (tertiary/aromatic N) is 1. The highest BCUT2D eigenvalue weighted by atomic mass is 19.1. The molecule has 0 spiro atoms. The lowest BCUT2D eigenvalue weighted by atomic mass is 9.79. The number of carboxylic acid groups (broad SMARTS) is 1. The van der Waals surface area contributed by atoms with Crippen LogP contribution >= 0.6 is 0 Å². The fourth-order valence-electron chi connectivity index (χ4n) is 4.55. The van der Waals surface area contributed by atoms with Gasteiger partial charge < -0.3 is 20.1 Å². The number of anilines is 1. The third kappa shape index (κ3) is 3.07. The highest BCUT2D eigenvalue weighted by Gasteiger charge is 2.42. The van der Waals surface area contributed by atoms with Crippen LogP contribution in [0.5, 0.6) is 5.75 Å². The summed E-state index contributed by atoms with van der Waals surface area (Å²) in [7, 11) is 3.39. The first-order chi connectivity index (χ1) is 13.5. The van der Waals surface area contributed by atoms with Gasteiger partial charge in [-0.3, -0.25) is 4.79 Å². The summed E-state index contributed by atoms with van der Waals surface area (Å²) >= 11 is 0. The minimum Gasteiger partial charge on any atom is -0.494 e. The van der Waals surface area contributed by atoms with Crippen molar-refractivity contribution in [1.29, 1.82) is 0 Å². The molecule has 2 N–H and O–H groups in total. The molecule has 2 aliphatic carbocycles. The van der Waals surface area contributed by atoms with E-state index >= 15 is 4.39 Å². The van der Waals surface area contributed by atoms with E-state index in [-0.39, 0.29) is 29.0 Å². The molecule has 2 atom stereocenters. The van der Waals surface area contributed by atoms with Gasteiger partial charge in [-0.25, -0.2) is 9.18 Å². The molecule has 1 saturated heterocycles. The fraction of sp³-hybridized carbons (Fsp3) is 0.524. The van der Waals surface area contributed by atoms with E-state index in [4.69, 9.17) is 4.74 Å². The van der Waals surface area contributed by atoms with Gasteiger partial charge in [-0.1, -0.05) is 6.08 Å². The molecule has 0 aromatic heterocycles. The zero-order valence-electron chi connectivity index (χ0n) is 16.1. The lowest BCUT2D eigenvalue weighted by Gasteiger charge is -2.36. The molecular formula is C21H25FN2O4. The van der Waals surface area contributed by atoms with Crippen molar-refractivity contribution < 1.29 is 23.8 Å². The first-order valence-electron chi connectivity index (χ1n) is 9.78. The molecule has 1 heterocycles. The predicted molar refractivity (Wildman–Crippen MR) is 103 cm³/mol. The predicted octanol–water partition coefficient (Wildman–Crippen LogP) is 2.72. The number of nitrogens with one attached hydrogen (secondary N) is 1. The first kappa shape index (κ1) is 18.9. The van der Waals surface area contributed by atoms with Crippen LogP contribution in [0.2, 0.25) is 0 Å². The van der Waals surface area contributed by atoms with Crippen molar-refractivity contribution in [3.63, 3.8) is 0 Å². The monoisotopic (exact) mass is 388 g/mol. The molecule has 28 heavy (non-hydrogen) atoms. The minimum atomic E-state index is -1.27. The van der Waals surface area contributed by atoms with Gasteiger partial charge in [-0.2, -0.15) is 0 Å². The van der Waals surface area contributed by atoms with Gasteiger partial charge in [0.1, 0.15) is 17.0 Å². The van der Waals surface area contributed by atoms with Crippen LogP contribution in [0.4, 0.5) is 10.1 Å². The molecule has 0 unspecified atom stereocenters. The van der Waals surface area contributed by atoms with Crippen LogP contribution in [0.1, 0.15) is 47.5 Å². The number of hydrogen-bond donors (Lipinski definition) is 2. The fourth-order valence-corrected chi connectivity index (χ4v) is 4.55. The lowest BCUT2D eigenvalue weighted by Crippen LogP contribution is -2.45. The number of hydrogen-bond acceptors (Lipinski definition) is 5. The van der Waals surface area contributed by atoms with E-state index in [1.54, 1.807) is 6.08 Å². The molecule has 1 aromatic rings. The number of carbonyl (C=O) groups is 2. The van der Waals surface area contributed by atoms with E-state index in [1.807, 2.05) is 11.9 Å². The Labute approximate surface area is 163 Å². The summed E-state index contributed by atoms with van der Waals surface area (Å²) in [5, 5.41) is 12.7. The summed E-state index contributed by atoms with van der Waals surface area (Å²) in [6, 6.07) is 1.47. The van der Waals surface area contributed by atoms with Gasteiger partial charge in [0.2, 0.25) is 5.78 Å². The quantitative estimate of drug-likeness (QED) is 0.755. The molecular weight excluding hydrogens is 363 g/mol. The summed E-state index contributed by atoms with van der Waals surface area (Å²) in [4.78, 5) is 26.3. The Morgan fingerprint density at radius 2 is 2.11 bits per heavy atom. The standard InChI is InChI=1S/C21H25FN2O4/c1-23-12-4-3-7-24(10-12)18-16(22)9-14-17(20(18)28-2)13(11-5-6-11)8-15(19(14)25)21(26)27/h8-9,11-13,23H,3-7,10H2,1-2H3,(H,26,27)/t12-,13+/m0/s1. The maximum Gasteiger partial charge on any atom is 0.339 e. The van der Waals surface area contributed by atoms with Gasteiger partial charge in [0.15, 0.2) is 5.82 Å². The highest BCUT2D eigenvalue weighted by molar-refractivity contribution is 6.25. The SMILES string of the molecule is CN[C@H]1CCCN(c2c(F)cc3c(c2OC)[C@@H](C2CC2)C=C(C(=O)O)C3=O)C1. The Bertz CT molecular complexity index is 862. The minimum absolute atomic E-state index is 0.122. The molecule has 3 aliphatic rings. The molecule has 0 amide bonds. The zero-order chi connectivity index (χ0) is 20.0. The average Bonchev–Trinajstić information content (AvgIpc) is 3.52. The van der Waals surface area contributed by atoms with E-state index < -0.39 is 17.6 Å². The molecule has 1 aromatic carbocycles. The maximum absolute atomic E-state index is 15.2. The third-order valence-electron chi connectivity index (χ3n) is 6.13. The molecule has 4 rings (SSSR count). The Morgan fingerprint density at radius 1 is 1.36 bits per heavy atom. The van der Waals surface area contributed by atoms with Crippen molar-refractivity contribution in [2.45, 2.75) is 37.6 Å². The smallest absolute Gasteiger partial charge is 0.339 e. The summed E-state index contributed by atoms with van der Waals surface area (Å²) < 4.78 is 20.9. The number of ether oxygens (including phenoxy) is 1. The van der Waals surface area contributed by atoms with Gasteiger partial charge in [0.05, 0.1) is 7.11 Å². The van der Waals surface area contributed by atoms with Crippen LogP contribution in [0.15, 0.2) is 17.7 Å². The number of aliphatic carboxylic acids is 1. The van der Waals surface area contributed by atoms with Crippen molar-refractivity contribution in [3.8, 4) is 5.75 Å². The highest BCUT2D eigenvalue weighted by Crippen LogP contribution is 2.52. The maximum atomic E-state index is 15.2. The summed E-state index contributed by atoms with van der Waals surface area (Å²) in [6.07, 6.45) is 5.42. The van der Waals surface area contributed by atoms with Crippen molar-refractivity contribution in [2.24, 2.45) is 5.92 Å². The molecule has 2 fully saturated rings. The number of carbonyl (C=O) groups excluding carboxylic acids is 1. The Balaban J connectivity index is 1.86. The van der Waals surface area contributed by atoms with Crippen molar-refractivity contribution in [2.75, 3.05) is 32.1 Å². The number of benzene rings is 1. The van der Waals surface area contributed by atoms with Gasteiger partial charge in [-0.05, 0) is 44.7 Å². The van der Waals surface area contributed by atoms with Gasteiger partial charge in [-0.15, -0.1) is 0 Å². The molecule has 0 radical (unpaired) electrons. The first-order valence-corrected chi connectivity index (χ1v) is 9.78. The topological polar surface area (TPSA) is 78.9 Å². The van der Waals surface area contributed by atoms with Crippen molar-refractivity contribution >= 4 is 17.4 Å². The van der Waals surface area contributed by atoms with Crippen molar-refractivity contribution in [3.05, 3.63) is 34.7 Å². The van der Waals surface area contributed by atoms with Crippen LogP contribution in [0, 0.1) is 11.7 Å². The molecule has 7 heteroatoms. The molecule has 6 nitrogen and oxygen atoms in total. The average molecular weight is 388 g/mol. The van der Waals surface area contributed by atoms with Gasteiger partial charge in [0, 0.05) is 36.2 Å². The van der Waals surface area contributed by atoms with E-state index in [9.17, 15) is 14.7 Å². The largest absolute Gasteiger partial charge is 0.494 e. The Kier molecular flexibility index (Phi) is 4.87. The normalized spacial score (nSPS) is 24.6. The van der Waals surface area contributed by atoms with Gasteiger partial charge in [0.25, 0.3) is 0 Å². The summed E-state index contributed by atoms with van der Waals surface area (Å²) in [5.74, 6) is -2.05. The number of piperidine rings is 1. The van der Waals surface area contributed by atoms with Crippen LogP contribution < -0.4 is 15.0 Å². The number of ketones is 1. The molecule has 150 valence electrons. The number of likely N-dealkylation sites (N-methyl/N-ethyl adjacent to an activating group) is 1. The van der Waals surface area contributed by atoms with Crippen LogP contribution in [0.3, 0.4) is 0 Å². The summed E-state index contributed by atoms with van der Waals surface area (Å²) in [5.41, 5.74) is 0.874. The third-order valence-corrected chi connectivity index (χ3v) is 6.13. The number of carboxylic acids is 1. The number of rotatable bonds is 5. The number of allylic oxidation sites excluding steroid dienone is 1. The molecule has 1 saturated carbocycles. The zero-order valence-corrected chi connectivity index (χ0v) is 16.1. The number of halogens is 1. The summed E-state index contributed by atoms with van der Waals surface area (Å²) in [6.45, 7) is 1.36. The van der Waals surface area contributed by atoms with E-state index in [0.29, 0.717) is 30.1 Å². The molecule has 0 bridgehead atoms. The molecule has 1 aliphatic heterocycles. The Hall–Kier alpha value is -2.41. The van der Waals surface area contributed by atoms with Crippen LogP contribution in [-0.2, 0) is 4.79 Å². The van der Waals surface area contributed by atoms with Gasteiger partial charge >= 0.3 is 5.97 Å². The van der Waals surface area contributed by atoms with Crippen LogP contribution in [-0.4, -0.2) is 50.1 Å². The van der Waals surface area contributed by atoms with Crippen molar-refractivity contribution in [1.82, 2.24) is 5.32 Å². The Morgan fingerprint density at radius 3 is 2.71 bits per heavy atom. The second-order valence-corrected chi connectivity index (χ2v) is 7.85. The number of fused-ring (bicyclic) bond motifs is 1. The lowest BCUT2D eigenvalue weighted by molar-refractivity contribution is -0.132. The van der Waals surface area contributed by atoms with E-state index in [0.717, 1.165) is 25.7 Å². The second-order valence-electron chi connectivity index (χ2n) is 7.85. The van der Waals surface area contributed by atoms with Crippen LogP contribution in [0.25, 0.3) is 0 Å². The second kappa shape index (κ2) is 7.20. The van der Waals surface area contributed by atoms with E-state index in [2.05, 4.69) is 5.32 Å². The number of Topliss-reactive ketones (excluding diaryl/α,β-unsaturated/α-hetero) is 1.